The van der Waals surface area contributed by atoms with Gasteiger partial charge in [-0.2, -0.15) is 0 Å². The van der Waals surface area contributed by atoms with Crippen LogP contribution in [0.5, 0.6) is 0 Å². The van der Waals surface area contributed by atoms with Gasteiger partial charge in [0.05, 0.1) is 0 Å². The van der Waals surface area contributed by atoms with E-state index < -0.39 is 0 Å². The molecule has 0 amide bonds. The van der Waals surface area contributed by atoms with Crippen LogP contribution >= 0.6 is 0 Å². The van der Waals surface area contributed by atoms with Gasteiger partial charge in [0, 0.05) is 6.54 Å². The van der Waals surface area contributed by atoms with Crippen LogP contribution in [0.15, 0.2) is 23.9 Å². The van der Waals surface area contributed by atoms with Crippen molar-refractivity contribution in [3.8, 4) is 0 Å². The lowest BCUT2D eigenvalue weighted by atomic mass is 9.73. The van der Waals surface area contributed by atoms with Gasteiger partial charge in [-0.1, -0.05) is 39.3 Å². The van der Waals surface area contributed by atoms with E-state index in [4.69, 9.17) is 0 Å². The molecule has 0 aromatic carbocycles. The summed E-state index contributed by atoms with van der Waals surface area (Å²) in [6, 6.07) is 0. The predicted molar refractivity (Wildman–Crippen MR) is 72.3 cm³/mol. The van der Waals surface area contributed by atoms with Crippen LogP contribution in [0.3, 0.4) is 0 Å². The Bertz CT molecular complexity index is 261. The Morgan fingerprint density at radius 3 is 2.88 bits per heavy atom. The molecule has 0 aliphatic carbocycles. The fourth-order valence-electron chi connectivity index (χ4n) is 2.59. The first-order valence-electron chi connectivity index (χ1n) is 6.63. The first kappa shape index (κ1) is 13.3. The summed E-state index contributed by atoms with van der Waals surface area (Å²) in [5.74, 6) is 0.650. The molecule has 0 aromatic rings. The Balaban J connectivity index is 2.77. The first-order chi connectivity index (χ1) is 7.58. The Labute approximate surface area is 101 Å². The second kappa shape index (κ2) is 6.12. The third-order valence-electron chi connectivity index (χ3n) is 3.67. The Kier molecular flexibility index (Phi) is 5.11. The van der Waals surface area contributed by atoms with Gasteiger partial charge >= 0.3 is 0 Å². The molecule has 1 heterocycles. The van der Waals surface area contributed by atoms with E-state index in [1.54, 1.807) is 5.57 Å². The van der Waals surface area contributed by atoms with E-state index in [0.717, 1.165) is 13.0 Å². The van der Waals surface area contributed by atoms with Crippen molar-refractivity contribution in [2.75, 3.05) is 6.54 Å². The molecule has 0 spiro atoms. The molecule has 0 radical (unpaired) electrons. The van der Waals surface area contributed by atoms with Crippen molar-refractivity contribution in [3.05, 3.63) is 23.9 Å². The summed E-state index contributed by atoms with van der Waals surface area (Å²) in [7, 11) is 0. The zero-order valence-corrected chi connectivity index (χ0v) is 11.3. The van der Waals surface area contributed by atoms with Gasteiger partial charge < -0.3 is 5.32 Å². The van der Waals surface area contributed by atoms with Crippen LogP contribution in [-0.4, -0.2) is 6.54 Å². The van der Waals surface area contributed by atoms with Crippen molar-refractivity contribution < 1.29 is 0 Å². The quantitative estimate of drug-likeness (QED) is 0.702. The van der Waals surface area contributed by atoms with Crippen molar-refractivity contribution in [1.29, 1.82) is 0 Å². The monoisotopic (exact) mass is 221 g/mol. The SMILES string of the molecule is C/C=C/CC(C)/C1=C/NCCCCC1(C)C. The maximum absolute atomic E-state index is 3.46. The highest BCUT2D eigenvalue weighted by molar-refractivity contribution is 5.16. The van der Waals surface area contributed by atoms with Gasteiger partial charge in [-0.15, -0.1) is 0 Å². The smallest absolute Gasteiger partial charge is 0.0141 e. The van der Waals surface area contributed by atoms with Crippen LogP contribution in [-0.2, 0) is 0 Å². The van der Waals surface area contributed by atoms with Crippen LogP contribution in [0.1, 0.15) is 53.4 Å². The lowest BCUT2D eigenvalue weighted by Gasteiger charge is -2.33. The number of hydrogen-bond donors (Lipinski definition) is 1. The largest absolute Gasteiger partial charge is 0.391 e. The second-order valence-corrected chi connectivity index (χ2v) is 5.60. The molecule has 1 aliphatic heterocycles. The van der Waals surface area contributed by atoms with E-state index in [9.17, 15) is 0 Å². The van der Waals surface area contributed by atoms with Crippen molar-refractivity contribution in [3.63, 3.8) is 0 Å². The van der Waals surface area contributed by atoms with Crippen molar-refractivity contribution in [1.82, 2.24) is 5.32 Å². The molecule has 0 saturated heterocycles. The van der Waals surface area contributed by atoms with Gasteiger partial charge in [0.1, 0.15) is 0 Å². The maximum atomic E-state index is 3.46. The van der Waals surface area contributed by atoms with Gasteiger partial charge in [-0.3, -0.25) is 0 Å². The average Bonchev–Trinajstić information content (AvgIpc) is 2.21. The molecule has 0 fully saturated rings. The minimum atomic E-state index is 0.356. The minimum absolute atomic E-state index is 0.356. The molecule has 1 nitrogen and oxygen atoms in total. The van der Waals surface area contributed by atoms with Crippen LogP contribution in [0.25, 0.3) is 0 Å². The Morgan fingerprint density at radius 1 is 1.44 bits per heavy atom. The number of rotatable bonds is 3. The van der Waals surface area contributed by atoms with Crippen LogP contribution in [0.2, 0.25) is 0 Å². The van der Waals surface area contributed by atoms with Crippen LogP contribution in [0.4, 0.5) is 0 Å². The van der Waals surface area contributed by atoms with Gasteiger partial charge in [0.25, 0.3) is 0 Å². The molecule has 1 heteroatoms. The third kappa shape index (κ3) is 3.70. The van der Waals surface area contributed by atoms with Gasteiger partial charge in [-0.25, -0.2) is 0 Å². The number of hydrogen-bond acceptors (Lipinski definition) is 1. The molecule has 16 heavy (non-hydrogen) atoms. The summed E-state index contributed by atoms with van der Waals surface area (Å²) in [6.45, 7) is 10.4. The highest BCUT2D eigenvalue weighted by Gasteiger charge is 2.27. The van der Waals surface area contributed by atoms with E-state index >= 15 is 0 Å². The van der Waals surface area contributed by atoms with E-state index in [2.05, 4.69) is 51.4 Å². The lowest BCUT2D eigenvalue weighted by Crippen LogP contribution is -2.25. The van der Waals surface area contributed by atoms with Gasteiger partial charge in [-0.05, 0) is 49.3 Å². The van der Waals surface area contributed by atoms with Crippen molar-refractivity contribution >= 4 is 0 Å². The summed E-state index contributed by atoms with van der Waals surface area (Å²) in [5, 5.41) is 3.46. The molecule has 0 aromatic heterocycles. The minimum Gasteiger partial charge on any atom is -0.391 e. The lowest BCUT2D eigenvalue weighted by molar-refractivity contribution is 0.339. The summed E-state index contributed by atoms with van der Waals surface area (Å²) in [4.78, 5) is 0. The molecule has 1 N–H and O–H groups in total. The summed E-state index contributed by atoms with van der Waals surface area (Å²) >= 11 is 0. The standard InChI is InChI=1S/C15H27N/c1-5-6-9-13(2)14-12-16-11-8-7-10-15(14,3)4/h5-6,12-13,16H,7-11H2,1-4H3/b6-5+,14-12-. The number of nitrogens with one attached hydrogen (secondary N) is 1. The van der Waals surface area contributed by atoms with Crippen molar-refractivity contribution in [2.24, 2.45) is 11.3 Å². The van der Waals surface area contributed by atoms with E-state index in [1.807, 2.05) is 0 Å². The Morgan fingerprint density at radius 2 is 2.19 bits per heavy atom. The molecular formula is C15H27N. The molecule has 0 bridgehead atoms. The zero-order chi connectivity index (χ0) is 12.0. The maximum Gasteiger partial charge on any atom is 0.0141 e. The molecule has 92 valence electrons. The average molecular weight is 221 g/mol. The molecule has 1 unspecified atom stereocenters. The first-order valence-corrected chi connectivity index (χ1v) is 6.63. The second-order valence-electron chi connectivity index (χ2n) is 5.60. The van der Waals surface area contributed by atoms with E-state index in [0.29, 0.717) is 11.3 Å². The van der Waals surface area contributed by atoms with E-state index in [-0.39, 0.29) is 0 Å². The van der Waals surface area contributed by atoms with Crippen molar-refractivity contribution in [2.45, 2.75) is 53.4 Å². The number of allylic oxidation sites excluding steroid dienone is 3. The fourth-order valence-corrected chi connectivity index (χ4v) is 2.59. The molecule has 1 rings (SSSR count). The zero-order valence-electron chi connectivity index (χ0n) is 11.3. The summed E-state index contributed by atoms with van der Waals surface area (Å²) < 4.78 is 0. The molecule has 0 saturated carbocycles. The molecule has 1 aliphatic rings. The van der Waals surface area contributed by atoms with Gasteiger partial charge in [0.2, 0.25) is 0 Å². The van der Waals surface area contributed by atoms with Gasteiger partial charge in [0.15, 0.2) is 0 Å². The van der Waals surface area contributed by atoms with Crippen LogP contribution < -0.4 is 5.32 Å². The Hall–Kier alpha value is -0.720. The van der Waals surface area contributed by atoms with E-state index in [1.165, 1.54) is 19.3 Å². The summed E-state index contributed by atoms with van der Waals surface area (Å²) in [5.41, 5.74) is 1.94. The summed E-state index contributed by atoms with van der Waals surface area (Å²) in [6.07, 6.45) is 11.8. The normalized spacial score (nSPS) is 26.4. The topological polar surface area (TPSA) is 12.0 Å². The third-order valence-corrected chi connectivity index (χ3v) is 3.67. The highest BCUT2D eigenvalue weighted by atomic mass is 14.8. The predicted octanol–water partition coefficient (Wildman–Crippen LogP) is 4.27. The molecule has 1 atom stereocenters. The highest BCUT2D eigenvalue weighted by Crippen LogP contribution is 2.38. The fraction of sp³-hybridized carbons (Fsp3) is 0.733. The van der Waals surface area contributed by atoms with Crippen LogP contribution in [0, 0.1) is 11.3 Å². The molecular weight excluding hydrogens is 194 g/mol.